The van der Waals surface area contributed by atoms with E-state index in [0.29, 0.717) is 5.37 Å². The molecular weight excluding hydrogens is 166 g/mol. The summed E-state index contributed by atoms with van der Waals surface area (Å²) in [7, 11) is 0. The fourth-order valence-electron chi connectivity index (χ4n) is 1.84. The number of allylic oxidation sites excluding steroid dienone is 3. The average molecular weight is 181 g/mol. The summed E-state index contributed by atoms with van der Waals surface area (Å²) in [5.41, 5.74) is 0. The lowest BCUT2D eigenvalue weighted by Crippen LogP contribution is -2.23. The van der Waals surface area contributed by atoms with Crippen molar-refractivity contribution in [3.63, 3.8) is 0 Å². The Morgan fingerprint density at radius 1 is 1.42 bits per heavy atom. The molecule has 0 aromatic carbocycles. The van der Waals surface area contributed by atoms with Gasteiger partial charge in [-0.3, -0.25) is 0 Å². The third-order valence-electron chi connectivity index (χ3n) is 2.43. The fourth-order valence-corrected chi connectivity index (χ4v) is 3.40. The van der Waals surface area contributed by atoms with Crippen molar-refractivity contribution in [3.8, 4) is 0 Å². The lowest BCUT2D eigenvalue weighted by molar-refractivity contribution is 0.569. The van der Waals surface area contributed by atoms with Gasteiger partial charge in [0.25, 0.3) is 0 Å². The van der Waals surface area contributed by atoms with Gasteiger partial charge in [0.1, 0.15) is 0 Å². The van der Waals surface area contributed by atoms with Crippen LogP contribution in [0.4, 0.5) is 0 Å². The Hall–Kier alpha value is -0.210. The van der Waals surface area contributed by atoms with Gasteiger partial charge in [0.05, 0.1) is 5.37 Å². The SMILES string of the molecule is CCNC1CC2C=CC=CC2S1. The average Bonchev–Trinajstić information content (AvgIpc) is 2.47. The number of hydrogen-bond acceptors (Lipinski definition) is 2. The standard InChI is InChI=1S/C10H15NS/c1-2-11-10-7-8-5-3-4-6-9(8)12-10/h3-6,8-11H,2,7H2,1H3. The van der Waals surface area contributed by atoms with Crippen LogP contribution >= 0.6 is 11.8 Å². The molecule has 1 nitrogen and oxygen atoms in total. The number of hydrogen-bond donors (Lipinski definition) is 1. The highest BCUT2D eigenvalue weighted by atomic mass is 32.2. The molecule has 0 saturated carbocycles. The molecule has 3 atom stereocenters. The van der Waals surface area contributed by atoms with Crippen molar-refractivity contribution < 1.29 is 0 Å². The van der Waals surface area contributed by atoms with Crippen molar-refractivity contribution in [2.45, 2.75) is 24.0 Å². The van der Waals surface area contributed by atoms with Crippen LogP contribution in [0.15, 0.2) is 24.3 Å². The van der Waals surface area contributed by atoms with Crippen LogP contribution in [-0.2, 0) is 0 Å². The molecule has 0 aromatic rings. The van der Waals surface area contributed by atoms with Crippen LogP contribution in [0.25, 0.3) is 0 Å². The molecule has 3 unspecified atom stereocenters. The van der Waals surface area contributed by atoms with Crippen LogP contribution in [-0.4, -0.2) is 17.2 Å². The summed E-state index contributed by atoms with van der Waals surface area (Å²) in [5, 5.41) is 4.91. The van der Waals surface area contributed by atoms with E-state index in [0.717, 1.165) is 17.7 Å². The van der Waals surface area contributed by atoms with Crippen LogP contribution in [0.1, 0.15) is 13.3 Å². The van der Waals surface area contributed by atoms with Crippen molar-refractivity contribution in [1.29, 1.82) is 0 Å². The number of thioether (sulfide) groups is 1. The minimum absolute atomic E-state index is 0.678. The first-order valence-electron chi connectivity index (χ1n) is 4.64. The van der Waals surface area contributed by atoms with Gasteiger partial charge in [-0.25, -0.2) is 0 Å². The minimum atomic E-state index is 0.678. The normalized spacial score (nSPS) is 38.6. The monoisotopic (exact) mass is 181 g/mol. The maximum Gasteiger partial charge on any atom is 0.0544 e. The Kier molecular flexibility index (Phi) is 2.57. The molecule has 1 aliphatic heterocycles. The highest BCUT2D eigenvalue weighted by Gasteiger charge is 2.31. The van der Waals surface area contributed by atoms with E-state index in [1.807, 2.05) is 0 Å². The molecule has 66 valence electrons. The van der Waals surface area contributed by atoms with Crippen LogP contribution in [0.2, 0.25) is 0 Å². The molecule has 0 bridgehead atoms. The first-order valence-corrected chi connectivity index (χ1v) is 5.58. The molecule has 1 saturated heterocycles. The predicted molar refractivity (Wildman–Crippen MR) is 55.2 cm³/mol. The molecule has 1 N–H and O–H groups in total. The third-order valence-corrected chi connectivity index (χ3v) is 3.94. The molecule has 1 aliphatic carbocycles. The van der Waals surface area contributed by atoms with E-state index < -0.39 is 0 Å². The quantitative estimate of drug-likeness (QED) is 0.700. The van der Waals surface area contributed by atoms with Gasteiger partial charge in [0.2, 0.25) is 0 Å². The zero-order valence-corrected chi connectivity index (χ0v) is 8.18. The molecule has 0 amide bonds. The third kappa shape index (κ3) is 1.59. The second kappa shape index (κ2) is 3.67. The van der Waals surface area contributed by atoms with Crippen molar-refractivity contribution in [2.24, 2.45) is 5.92 Å². The molecule has 2 heteroatoms. The summed E-state index contributed by atoms with van der Waals surface area (Å²) in [6, 6.07) is 0. The van der Waals surface area contributed by atoms with Gasteiger partial charge in [-0.15, -0.1) is 11.8 Å². The van der Waals surface area contributed by atoms with Gasteiger partial charge < -0.3 is 5.32 Å². The largest absolute Gasteiger partial charge is 0.306 e. The van der Waals surface area contributed by atoms with E-state index >= 15 is 0 Å². The van der Waals surface area contributed by atoms with Gasteiger partial charge in [-0.1, -0.05) is 31.2 Å². The molecule has 1 heterocycles. The Morgan fingerprint density at radius 2 is 2.25 bits per heavy atom. The maximum absolute atomic E-state index is 3.50. The van der Waals surface area contributed by atoms with Gasteiger partial charge in [0.15, 0.2) is 0 Å². The van der Waals surface area contributed by atoms with Crippen LogP contribution < -0.4 is 5.32 Å². The van der Waals surface area contributed by atoms with Gasteiger partial charge in [-0.2, -0.15) is 0 Å². The Labute approximate surface area is 78.3 Å². The molecule has 2 aliphatic rings. The maximum atomic E-state index is 3.50. The molecule has 1 fully saturated rings. The van der Waals surface area contributed by atoms with E-state index in [1.165, 1.54) is 6.42 Å². The zero-order valence-electron chi connectivity index (χ0n) is 7.36. The van der Waals surface area contributed by atoms with E-state index in [9.17, 15) is 0 Å². The van der Waals surface area contributed by atoms with Crippen molar-refractivity contribution in [1.82, 2.24) is 5.32 Å². The summed E-state index contributed by atoms with van der Waals surface area (Å²) in [4.78, 5) is 0. The summed E-state index contributed by atoms with van der Waals surface area (Å²) in [5.74, 6) is 0.782. The lowest BCUT2D eigenvalue weighted by atomic mass is 9.97. The van der Waals surface area contributed by atoms with Gasteiger partial charge >= 0.3 is 0 Å². The fraction of sp³-hybridized carbons (Fsp3) is 0.600. The topological polar surface area (TPSA) is 12.0 Å². The van der Waals surface area contributed by atoms with Crippen LogP contribution in [0.3, 0.4) is 0 Å². The van der Waals surface area contributed by atoms with Crippen molar-refractivity contribution >= 4 is 11.8 Å². The first kappa shape index (κ1) is 8.39. The molecule has 0 radical (unpaired) electrons. The van der Waals surface area contributed by atoms with Crippen molar-refractivity contribution in [3.05, 3.63) is 24.3 Å². The van der Waals surface area contributed by atoms with Crippen LogP contribution in [0, 0.1) is 5.92 Å². The van der Waals surface area contributed by atoms with Crippen molar-refractivity contribution in [2.75, 3.05) is 6.54 Å². The van der Waals surface area contributed by atoms with Crippen LogP contribution in [0.5, 0.6) is 0 Å². The molecular formula is C10H15NS. The minimum Gasteiger partial charge on any atom is -0.306 e. The highest BCUT2D eigenvalue weighted by molar-refractivity contribution is 8.00. The van der Waals surface area contributed by atoms with E-state index in [-0.39, 0.29) is 0 Å². The second-order valence-electron chi connectivity index (χ2n) is 3.32. The molecule has 2 rings (SSSR count). The summed E-state index contributed by atoms with van der Waals surface area (Å²) < 4.78 is 0. The van der Waals surface area contributed by atoms with Gasteiger partial charge in [-0.05, 0) is 18.9 Å². The van der Waals surface area contributed by atoms with E-state index in [4.69, 9.17) is 0 Å². The zero-order chi connectivity index (χ0) is 8.39. The molecule has 0 aromatic heterocycles. The Balaban J connectivity index is 1.96. The number of rotatable bonds is 2. The van der Waals surface area contributed by atoms with Gasteiger partial charge in [0, 0.05) is 5.25 Å². The number of nitrogens with one attached hydrogen (secondary N) is 1. The Morgan fingerprint density at radius 3 is 3.00 bits per heavy atom. The summed E-state index contributed by atoms with van der Waals surface area (Å²) in [6.07, 6.45) is 10.3. The Bertz CT molecular complexity index is 190. The summed E-state index contributed by atoms with van der Waals surface area (Å²) >= 11 is 2.07. The smallest absolute Gasteiger partial charge is 0.0544 e. The predicted octanol–water partition coefficient (Wildman–Crippen LogP) is 2.17. The highest BCUT2D eigenvalue weighted by Crippen LogP contribution is 2.39. The number of fused-ring (bicyclic) bond motifs is 1. The van der Waals surface area contributed by atoms with E-state index in [2.05, 4.69) is 48.3 Å². The molecule has 0 spiro atoms. The first-order chi connectivity index (χ1) is 5.90. The lowest BCUT2D eigenvalue weighted by Gasteiger charge is -2.12. The molecule has 12 heavy (non-hydrogen) atoms. The second-order valence-corrected chi connectivity index (χ2v) is 4.70. The summed E-state index contributed by atoms with van der Waals surface area (Å²) in [6.45, 7) is 3.26. The van der Waals surface area contributed by atoms with E-state index in [1.54, 1.807) is 0 Å².